The van der Waals surface area contributed by atoms with Crippen molar-refractivity contribution in [2.75, 3.05) is 36.0 Å². The third-order valence-corrected chi connectivity index (χ3v) is 9.07. The second-order valence-electron chi connectivity index (χ2n) is 11.0. The third kappa shape index (κ3) is 4.68. The normalized spacial score (nSPS) is 18.9. The molecule has 1 atom stereocenters. The molecule has 2 aromatic heterocycles. The van der Waals surface area contributed by atoms with Gasteiger partial charge in [0.1, 0.15) is 17.3 Å². The number of amides is 1. The minimum Gasteiger partial charge on any atom is -0.394 e. The van der Waals surface area contributed by atoms with Gasteiger partial charge < -0.3 is 20.6 Å². The van der Waals surface area contributed by atoms with E-state index in [1.807, 2.05) is 60.0 Å². The van der Waals surface area contributed by atoms with Crippen LogP contribution in [-0.2, 0) is 4.79 Å². The molecule has 0 saturated carbocycles. The predicted molar refractivity (Wildman–Crippen MR) is 160 cm³/mol. The van der Waals surface area contributed by atoms with Gasteiger partial charge in [0, 0.05) is 41.7 Å². The fraction of sp³-hybridized carbons (Fsp3) is 0.367. The van der Waals surface area contributed by atoms with Gasteiger partial charge in [-0.05, 0) is 49.4 Å². The van der Waals surface area contributed by atoms with Crippen molar-refractivity contribution in [3.63, 3.8) is 0 Å². The molecule has 10 heteroatoms. The van der Waals surface area contributed by atoms with E-state index in [-0.39, 0.29) is 18.6 Å². The Balaban J connectivity index is 1.60. The molecule has 2 fully saturated rings. The molecule has 0 radical (unpaired) electrons. The summed E-state index contributed by atoms with van der Waals surface area (Å²) in [6.07, 6.45) is 3.19. The number of aliphatic hydroxyl groups is 1. The van der Waals surface area contributed by atoms with Gasteiger partial charge >= 0.3 is 0 Å². The first kappa shape index (κ1) is 26.9. The first-order chi connectivity index (χ1) is 19.3. The number of fused-ring (bicyclic) bond motifs is 1. The molecule has 2 aromatic carbocycles. The summed E-state index contributed by atoms with van der Waals surface area (Å²) in [5.41, 5.74) is 9.21. The number of piperidine rings is 1. The van der Waals surface area contributed by atoms with Crippen LogP contribution in [0.1, 0.15) is 32.6 Å². The summed E-state index contributed by atoms with van der Waals surface area (Å²) in [6, 6.07) is 17.4. The molecule has 1 unspecified atom stereocenters. The topological polar surface area (TPSA) is 100.0 Å². The van der Waals surface area contributed by atoms with E-state index in [2.05, 4.69) is 15.9 Å². The molecule has 2 aliphatic heterocycles. The van der Waals surface area contributed by atoms with E-state index in [4.69, 9.17) is 39.0 Å². The lowest BCUT2D eigenvalue weighted by Gasteiger charge is -2.38. The van der Waals surface area contributed by atoms with Gasteiger partial charge in [-0.1, -0.05) is 60.5 Å². The van der Waals surface area contributed by atoms with Crippen LogP contribution < -0.4 is 15.5 Å². The summed E-state index contributed by atoms with van der Waals surface area (Å²) in [5, 5.41) is 16.5. The van der Waals surface area contributed by atoms with Gasteiger partial charge in [0.2, 0.25) is 5.91 Å². The molecule has 4 heterocycles. The zero-order valence-electron chi connectivity index (χ0n) is 22.4. The number of carbonyl (C=O) groups is 1. The van der Waals surface area contributed by atoms with E-state index in [0.717, 1.165) is 53.4 Å². The standard InChI is InChI=1S/C30H32Cl2N6O2/c1-30(29(33)40)12-15-36(16-13-30)25-17-24(37-14-4-5-21(37)18-39)34-28-26(19-8-10-20(31)11-9-19)27(35-38(25)28)22-6-2-3-7-23(22)32/h2-3,6-11,17,21,39H,4-5,12-16,18H2,1H3,(H2,33,40). The van der Waals surface area contributed by atoms with Crippen LogP contribution in [0, 0.1) is 5.41 Å². The molecule has 8 nitrogen and oxygen atoms in total. The monoisotopic (exact) mass is 578 g/mol. The van der Waals surface area contributed by atoms with E-state index in [0.29, 0.717) is 41.6 Å². The molecular formula is C30H32Cl2N6O2. The smallest absolute Gasteiger partial charge is 0.223 e. The van der Waals surface area contributed by atoms with Gasteiger partial charge in [0.15, 0.2) is 5.65 Å². The molecule has 2 aliphatic rings. The summed E-state index contributed by atoms with van der Waals surface area (Å²) in [6.45, 7) is 4.13. The zero-order chi connectivity index (χ0) is 28.0. The lowest BCUT2D eigenvalue weighted by atomic mass is 9.80. The Morgan fingerprint density at radius 3 is 2.50 bits per heavy atom. The second kappa shape index (κ2) is 10.6. The number of hydrogen-bond acceptors (Lipinski definition) is 6. The van der Waals surface area contributed by atoms with E-state index in [9.17, 15) is 9.90 Å². The summed E-state index contributed by atoms with van der Waals surface area (Å²) in [4.78, 5) is 21.8. The Hall–Kier alpha value is -3.33. The van der Waals surface area contributed by atoms with E-state index in [1.165, 1.54) is 0 Å². The maximum Gasteiger partial charge on any atom is 0.223 e. The van der Waals surface area contributed by atoms with E-state index < -0.39 is 5.41 Å². The highest BCUT2D eigenvalue weighted by Crippen LogP contribution is 2.41. The zero-order valence-corrected chi connectivity index (χ0v) is 23.9. The molecule has 6 rings (SSSR count). The van der Waals surface area contributed by atoms with Gasteiger partial charge in [0.05, 0.1) is 23.2 Å². The molecule has 1 amide bonds. The highest BCUT2D eigenvalue weighted by Gasteiger charge is 2.37. The Bertz CT molecular complexity index is 1560. The highest BCUT2D eigenvalue weighted by molar-refractivity contribution is 6.33. The molecule has 0 aliphatic carbocycles. The Morgan fingerprint density at radius 2 is 1.82 bits per heavy atom. The highest BCUT2D eigenvalue weighted by atomic mass is 35.5. The molecular weight excluding hydrogens is 547 g/mol. The van der Waals surface area contributed by atoms with Crippen molar-refractivity contribution >= 4 is 46.4 Å². The summed E-state index contributed by atoms with van der Waals surface area (Å²) in [5.74, 6) is 1.41. The van der Waals surface area contributed by atoms with Crippen LogP contribution in [0.2, 0.25) is 10.0 Å². The van der Waals surface area contributed by atoms with Crippen molar-refractivity contribution < 1.29 is 9.90 Å². The average Bonchev–Trinajstić information content (AvgIpc) is 3.59. The fourth-order valence-electron chi connectivity index (χ4n) is 5.89. The predicted octanol–water partition coefficient (Wildman–Crippen LogP) is 5.42. The lowest BCUT2D eigenvalue weighted by Crippen LogP contribution is -2.46. The van der Waals surface area contributed by atoms with E-state index >= 15 is 0 Å². The van der Waals surface area contributed by atoms with Crippen LogP contribution in [0.4, 0.5) is 11.6 Å². The summed E-state index contributed by atoms with van der Waals surface area (Å²) in [7, 11) is 0. The van der Waals surface area contributed by atoms with Crippen LogP contribution in [0.3, 0.4) is 0 Å². The lowest BCUT2D eigenvalue weighted by molar-refractivity contribution is -0.127. The van der Waals surface area contributed by atoms with Crippen LogP contribution in [0.25, 0.3) is 28.0 Å². The van der Waals surface area contributed by atoms with Gasteiger partial charge in [-0.15, -0.1) is 0 Å². The van der Waals surface area contributed by atoms with Crippen molar-refractivity contribution in [2.24, 2.45) is 11.1 Å². The SMILES string of the molecule is CC1(C(N)=O)CCN(c2cc(N3CCCC3CO)nc3c(-c4ccc(Cl)cc4)c(-c4ccccc4Cl)nn23)CC1. The van der Waals surface area contributed by atoms with Crippen LogP contribution >= 0.6 is 23.2 Å². The minimum absolute atomic E-state index is 0.00671. The van der Waals surface area contributed by atoms with Crippen LogP contribution in [0.15, 0.2) is 54.6 Å². The molecule has 3 N–H and O–H groups in total. The number of nitrogens with two attached hydrogens (primary N) is 1. The first-order valence-corrected chi connectivity index (χ1v) is 14.4. The number of nitrogens with zero attached hydrogens (tertiary/aromatic N) is 5. The molecule has 0 spiro atoms. The average molecular weight is 580 g/mol. The van der Waals surface area contributed by atoms with E-state index in [1.54, 1.807) is 0 Å². The number of benzene rings is 2. The number of rotatable bonds is 6. The van der Waals surface area contributed by atoms with Crippen molar-refractivity contribution in [3.05, 3.63) is 64.6 Å². The first-order valence-electron chi connectivity index (χ1n) is 13.7. The maximum absolute atomic E-state index is 12.2. The number of halogens is 2. The number of hydrogen-bond donors (Lipinski definition) is 2. The largest absolute Gasteiger partial charge is 0.394 e. The number of aromatic nitrogens is 3. The van der Waals surface area contributed by atoms with Crippen LogP contribution in [-0.4, -0.2) is 57.9 Å². The molecule has 0 bridgehead atoms. The molecule has 40 heavy (non-hydrogen) atoms. The summed E-state index contributed by atoms with van der Waals surface area (Å²) >= 11 is 13.0. The molecule has 208 valence electrons. The number of aliphatic hydroxyl groups excluding tert-OH is 1. The Morgan fingerprint density at radius 1 is 1.10 bits per heavy atom. The van der Waals surface area contributed by atoms with Crippen molar-refractivity contribution in [2.45, 2.75) is 38.6 Å². The van der Waals surface area contributed by atoms with Gasteiger partial charge in [-0.3, -0.25) is 4.79 Å². The van der Waals surface area contributed by atoms with Gasteiger partial charge in [-0.25, -0.2) is 4.98 Å². The maximum atomic E-state index is 12.2. The number of carbonyl (C=O) groups excluding carboxylic acids is 1. The second-order valence-corrected chi connectivity index (χ2v) is 11.8. The Kier molecular flexibility index (Phi) is 7.10. The summed E-state index contributed by atoms with van der Waals surface area (Å²) < 4.78 is 1.89. The van der Waals surface area contributed by atoms with Crippen molar-refractivity contribution in [3.8, 4) is 22.4 Å². The van der Waals surface area contributed by atoms with Gasteiger partial charge in [-0.2, -0.15) is 9.61 Å². The van der Waals surface area contributed by atoms with Crippen molar-refractivity contribution in [1.29, 1.82) is 0 Å². The van der Waals surface area contributed by atoms with Gasteiger partial charge in [0.25, 0.3) is 0 Å². The number of anilines is 2. The third-order valence-electron chi connectivity index (χ3n) is 8.49. The van der Waals surface area contributed by atoms with Crippen LogP contribution in [0.5, 0.6) is 0 Å². The molecule has 2 saturated heterocycles. The molecule has 4 aromatic rings. The Labute approximate surface area is 243 Å². The minimum atomic E-state index is -0.538. The quantitative estimate of drug-likeness (QED) is 0.317. The number of primary amides is 1. The fourth-order valence-corrected chi connectivity index (χ4v) is 6.24. The van der Waals surface area contributed by atoms with Crippen molar-refractivity contribution in [1.82, 2.24) is 14.6 Å².